The van der Waals surface area contributed by atoms with Gasteiger partial charge in [-0.1, -0.05) is 25.7 Å². The minimum absolute atomic E-state index is 0.142. The molecule has 1 saturated heterocycles. The van der Waals surface area contributed by atoms with Gasteiger partial charge in [0, 0.05) is 32.6 Å². The van der Waals surface area contributed by atoms with E-state index in [1.165, 1.54) is 25.7 Å². The van der Waals surface area contributed by atoms with Crippen molar-refractivity contribution in [1.82, 2.24) is 9.80 Å². The van der Waals surface area contributed by atoms with E-state index < -0.39 is 0 Å². The van der Waals surface area contributed by atoms with Crippen LogP contribution in [0.15, 0.2) is 0 Å². The highest BCUT2D eigenvalue weighted by molar-refractivity contribution is 5.78. The van der Waals surface area contributed by atoms with Gasteiger partial charge in [-0.05, 0) is 26.2 Å². The van der Waals surface area contributed by atoms with Crippen molar-refractivity contribution in [3.8, 4) is 0 Å². The van der Waals surface area contributed by atoms with Gasteiger partial charge < -0.3 is 14.5 Å². The summed E-state index contributed by atoms with van der Waals surface area (Å²) in [6, 6.07) is 0. The van der Waals surface area contributed by atoms with Gasteiger partial charge in [0.05, 0.1) is 19.1 Å². The lowest BCUT2D eigenvalue weighted by Crippen LogP contribution is -2.50. The van der Waals surface area contributed by atoms with Crippen molar-refractivity contribution in [3.63, 3.8) is 0 Å². The maximum Gasteiger partial charge on any atom is 0.225 e. The molecule has 0 spiro atoms. The average Bonchev–Trinajstić information content (AvgIpc) is 3.05. The van der Waals surface area contributed by atoms with Crippen LogP contribution in [0, 0.1) is 5.92 Å². The van der Waals surface area contributed by atoms with Gasteiger partial charge in [-0.25, -0.2) is 0 Å². The lowest BCUT2D eigenvalue weighted by atomic mass is 10.0. The summed E-state index contributed by atoms with van der Waals surface area (Å²) in [6.45, 7) is 7.11. The van der Waals surface area contributed by atoms with E-state index in [1.807, 2.05) is 23.6 Å². The van der Waals surface area contributed by atoms with Crippen molar-refractivity contribution in [2.24, 2.45) is 5.92 Å². The molecular weight excluding hydrogens is 292 g/mol. The van der Waals surface area contributed by atoms with Crippen molar-refractivity contribution in [3.05, 3.63) is 0 Å². The smallest absolute Gasteiger partial charge is 0.225 e. The third-order valence-electron chi connectivity index (χ3n) is 4.99. The second-order valence-electron chi connectivity index (χ2n) is 7.12. The fraction of sp³-hybridized carbons (Fsp3) is 0.889. The summed E-state index contributed by atoms with van der Waals surface area (Å²) in [5, 5.41) is 0. The van der Waals surface area contributed by atoms with Gasteiger partial charge in [0.25, 0.3) is 0 Å². The summed E-state index contributed by atoms with van der Waals surface area (Å²) in [5.41, 5.74) is 0. The zero-order chi connectivity index (χ0) is 16.7. The monoisotopic (exact) mass is 324 g/mol. The molecule has 0 aromatic rings. The Balaban J connectivity index is 1.62. The molecule has 1 saturated carbocycles. The normalized spacial score (nSPS) is 19.6. The van der Waals surface area contributed by atoms with Crippen LogP contribution in [0.1, 0.15) is 58.8 Å². The largest absolute Gasteiger partial charge is 0.378 e. The van der Waals surface area contributed by atoms with Gasteiger partial charge in [-0.3, -0.25) is 9.59 Å². The van der Waals surface area contributed by atoms with Crippen LogP contribution in [0.25, 0.3) is 0 Å². The third-order valence-corrected chi connectivity index (χ3v) is 4.99. The molecule has 0 N–H and O–H groups in total. The quantitative estimate of drug-likeness (QED) is 0.723. The van der Waals surface area contributed by atoms with Crippen LogP contribution in [-0.4, -0.2) is 60.5 Å². The molecule has 0 unspecified atom stereocenters. The van der Waals surface area contributed by atoms with E-state index in [4.69, 9.17) is 4.74 Å². The lowest BCUT2D eigenvalue weighted by Gasteiger charge is -2.35. The molecule has 0 atom stereocenters. The Kier molecular flexibility index (Phi) is 7.34. The first-order chi connectivity index (χ1) is 11.1. The number of piperazine rings is 1. The first-order valence-electron chi connectivity index (χ1n) is 9.23. The number of carbonyl (C=O) groups excluding carboxylic acids is 2. The molecule has 1 aliphatic carbocycles. The van der Waals surface area contributed by atoms with Gasteiger partial charge in [0.15, 0.2) is 0 Å². The molecule has 23 heavy (non-hydrogen) atoms. The molecule has 0 aromatic carbocycles. The summed E-state index contributed by atoms with van der Waals surface area (Å²) in [5.74, 6) is 1.18. The second kappa shape index (κ2) is 9.26. The zero-order valence-electron chi connectivity index (χ0n) is 14.8. The van der Waals surface area contributed by atoms with Crippen LogP contribution in [0.3, 0.4) is 0 Å². The Labute approximate surface area is 140 Å². The highest BCUT2D eigenvalue weighted by Crippen LogP contribution is 2.28. The number of ether oxygens (including phenoxy) is 1. The van der Waals surface area contributed by atoms with Crippen LogP contribution in [0.4, 0.5) is 0 Å². The van der Waals surface area contributed by atoms with Crippen molar-refractivity contribution >= 4 is 11.8 Å². The molecule has 0 bridgehead atoms. The van der Waals surface area contributed by atoms with E-state index in [1.54, 1.807) is 0 Å². The van der Waals surface area contributed by atoms with E-state index >= 15 is 0 Å². The molecule has 5 nitrogen and oxygen atoms in total. The van der Waals surface area contributed by atoms with Gasteiger partial charge in [0.2, 0.25) is 11.8 Å². The maximum absolute atomic E-state index is 12.3. The van der Waals surface area contributed by atoms with Gasteiger partial charge in [-0.2, -0.15) is 0 Å². The van der Waals surface area contributed by atoms with Gasteiger partial charge in [-0.15, -0.1) is 0 Å². The topological polar surface area (TPSA) is 49.9 Å². The van der Waals surface area contributed by atoms with Crippen molar-refractivity contribution in [2.75, 3.05) is 32.8 Å². The molecular formula is C18H32N2O3. The lowest BCUT2D eigenvalue weighted by molar-refractivity contribution is -0.140. The van der Waals surface area contributed by atoms with Crippen molar-refractivity contribution < 1.29 is 14.3 Å². The van der Waals surface area contributed by atoms with Gasteiger partial charge >= 0.3 is 0 Å². The molecule has 0 aromatic heterocycles. The number of carbonyl (C=O) groups is 2. The summed E-state index contributed by atoms with van der Waals surface area (Å²) in [7, 11) is 0. The van der Waals surface area contributed by atoms with E-state index in [-0.39, 0.29) is 17.9 Å². The van der Waals surface area contributed by atoms with Gasteiger partial charge in [0.1, 0.15) is 0 Å². The average molecular weight is 324 g/mol. The van der Waals surface area contributed by atoms with Crippen LogP contribution in [0.5, 0.6) is 0 Å². The Hall–Kier alpha value is -1.10. The molecule has 2 aliphatic rings. The Morgan fingerprint density at radius 1 is 0.957 bits per heavy atom. The molecule has 2 rings (SSSR count). The summed E-state index contributed by atoms with van der Waals surface area (Å²) in [6.07, 6.45) is 7.60. The van der Waals surface area contributed by atoms with Crippen LogP contribution >= 0.6 is 0 Å². The molecule has 1 aliphatic heterocycles. The highest BCUT2D eigenvalue weighted by Gasteiger charge is 2.24. The molecule has 1 heterocycles. The fourth-order valence-electron chi connectivity index (χ4n) is 3.53. The highest BCUT2D eigenvalue weighted by atomic mass is 16.5. The predicted octanol–water partition coefficient (Wildman–Crippen LogP) is 2.44. The maximum atomic E-state index is 12.3. The van der Waals surface area contributed by atoms with Crippen molar-refractivity contribution in [2.45, 2.75) is 64.9 Å². The summed E-state index contributed by atoms with van der Waals surface area (Å²) >= 11 is 0. The first kappa shape index (κ1) is 18.2. The van der Waals surface area contributed by atoms with Crippen molar-refractivity contribution in [1.29, 1.82) is 0 Å². The van der Waals surface area contributed by atoms with E-state index in [2.05, 4.69) is 0 Å². The number of rotatable bonds is 7. The standard InChI is InChI=1S/C18H32N2O3/c1-15(2)23-14-9-18(22)20-12-10-19(11-13-20)17(21)8-7-16-5-3-4-6-16/h15-16H,3-14H2,1-2H3. The molecule has 0 radical (unpaired) electrons. The predicted molar refractivity (Wildman–Crippen MR) is 90.1 cm³/mol. The van der Waals surface area contributed by atoms with E-state index in [0.29, 0.717) is 45.6 Å². The minimum Gasteiger partial charge on any atom is -0.378 e. The Morgan fingerprint density at radius 2 is 1.48 bits per heavy atom. The van der Waals surface area contributed by atoms with Crippen LogP contribution in [0.2, 0.25) is 0 Å². The van der Waals surface area contributed by atoms with Crippen LogP contribution in [-0.2, 0) is 14.3 Å². The first-order valence-corrected chi connectivity index (χ1v) is 9.23. The number of amides is 2. The zero-order valence-corrected chi connectivity index (χ0v) is 14.8. The summed E-state index contributed by atoms with van der Waals surface area (Å²) in [4.78, 5) is 28.2. The molecule has 2 amide bonds. The second-order valence-corrected chi connectivity index (χ2v) is 7.12. The summed E-state index contributed by atoms with van der Waals surface area (Å²) < 4.78 is 5.43. The Morgan fingerprint density at radius 3 is 2.00 bits per heavy atom. The number of hydrogen-bond acceptors (Lipinski definition) is 3. The number of nitrogens with zero attached hydrogens (tertiary/aromatic N) is 2. The van der Waals surface area contributed by atoms with E-state index in [0.717, 1.165) is 12.3 Å². The molecule has 5 heteroatoms. The molecule has 132 valence electrons. The Bertz CT molecular complexity index is 384. The van der Waals surface area contributed by atoms with Crippen LogP contribution < -0.4 is 0 Å². The number of hydrogen-bond donors (Lipinski definition) is 0. The minimum atomic E-state index is 0.142. The molecule has 2 fully saturated rings. The third kappa shape index (κ3) is 6.13. The van der Waals surface area contributed by atoms with E-state index in [9.17, 15) is 9.59 Å². The SMILES string of the molecule is CC(C)OCCC(=O)N1CCN(C(=O)CCC2CCCC2)CC1. The fourth-order valence-corrected chi connectivity index (χ4v) is 3.53.